The summed E-state index contributed by atoms with van der Waals surface area (Å²) in [5.74, 6) is -0.408. The zero-order valence-corrected chi connectivity index (χ0v) is 19.4. The zero-order chi connectivity index (χ0) is 22.1. The summed E-state index contributed by atoms with van der Waals surface area (Å²) < 4.78 is 17.0. The van der Waals surface area contributed by atoms with Crippen molar-refractivity contribution in [2.45, 2.75) is 6.92 Å². The molecule has 0 fully saturated rings. The molecule has 0 radical (unpaired) electrons. The second kappa shape index (κ2) is 11.4. The van der Waals surface area contributed by atoms with Gasteiger partial charge >= 0.3 is 5.97 Å². The van der Waals surface area contributed by atoms with Crippen molar-refractivity contribution in [3.8, 4) is 17.6 Å². The summed E-state index contributed by atoms with van der Waals surface area (Å²) in [6.07, 6.45) is 1.44. The number of ether oxygens (including phenoxy) is 3. The Morgan fingerprint density at radius 2 is 1.87 bits per heavy atom. The Morgan fingerprint density at radius 3 is 2.47 bits per heavy atom. The van der Waals surface area contributed by atoms with Gasteiger partial charge in [-0.2, -0.15) is 5.26 Å². The summed E-state index contributed by atoms with van der Waals surface area (Å²) in [6.45, 7) is 1.86. The van der Waals surface area contributed by atoms with Gasteiger partial charge in [-0.15, -0.1) is 0 Å². The number of amides is 1. The maximum Gasteiger partial charge on any atom is 0.343 e. The predicted octanol–water partition coefficient (Wildman–Crippen LogP) is 4.71. The smallest absolute Gasteiger partial charge is 0.343 e. The van der Waals surface area contributed by atoms with Crippen molar-refractivity contribution in [1.82, 2.24) is 0 Å². The molecule has 0 spiro atoms. The van der Waals surface area contributed by atoms with E-state index in [-0.39, 0.29) is 12.2 Å². The number of methoxy groups -OCH3 is 1. The number of hydrogen-bond acceptors (Lipinski definition) is 6. The minimum absolute atomic E-state index is 0.0875. The molecule has 0 aliphatic heterocycles. The molecule has 0 heterocycles. The largest absolute Gasteiger partial charge is 0.490 e. The number of hydrogen-bond donors (Lipinski definition) is 1. The number of carbonyl (C=O) groups excluding carboxylic acids is 2. The lowest BCUT2D eigenvalue weighted by Gasteiger charge is -2.14. The minimum atomic E-state index is -0.542. The van der Waals surface area contributed by atoms with Crippen LogP contribution in [0, 0.1) is 11.3 Å². The van der Waals surface area contributed by atoms with Crippen LogP contribution in [0.25, 0.3) is 6.08 Å². The topological polar surface area (TPSA) is 97.6 Å². The number of nitriles is 1. The third-order valence-corrected chi connectivity index (χ3v) is 4.79. The number of nitrogens with one attached hydrogen (secondary N) is 1. The van der Waals surface area contributed by atoms with E-state index in [4.69, 9.17) is 9.47 Å². The van der Waals surface area contributed by atoms with E-state index in [1.54, 1.807) is 43.3 Å². The highest BCUT2D eigenvalue weighted by Crippen LogP contribution is 2.37. The zero-order valence-electron chi connectivity index (χ0n) is 16.2. The van der Waals surface area contributed by atoms with E-state index >= 15 is 0 Å². The van der Waals surface area contributed by atoms with Gasteiger partial charge < -0.3 is 19.5 Å². The first-order chi connectivity index (χ1) is 14.4. The van der Waals surface area contributed by atoms with Gasteiger partial charge in [-0.05, 0) is 70.9 Å². The number of benzene rings is 2. The fourth-order valence-corrected chi connectivity index (χ4v) is 3.15. The summed E-state index contributed by atoms with van der Waals surface area (Å²) in [6, 6.07) is 12.2. The molecule has 0 atom stereocenters. The molecule has 0 aliphatic carbocycles. The third-order valence-electron chi connectivity index (χ3n) is 3.67. The van der Waals surface area contributed by atoms with Crippen molar-refractivity contribution in [2.75, 3.05) is 25.6 Å². The van der Waals surface area contributed by atoms with E-state index in [1.807, 2.05) is 6.07 Å². The summed E-state index contributed by atoms with van der Waals surface area (Å²) in [7, 11) is 1.26. The fraction of sp³-hybridized carbons (Fsp3) is 0.190. The van der Waals surface area contributed by atoms with Crippen molar-refractivity contribution in [3.05, 3.63) is 56.5 Å². The minimum Gasteiger partial charge on any atom is -0.490 e. The van der Waals surface area contributed by atoms with Gasteiger partial charge in [0.1, 0.15) is 11.6 Å². The van der Waals surface area contributed by atoms with Crippen molar-refractivity contribution >= 4 is 55.5 Å². The number of esters is 1. The molecular formula is C21H18Br2N2O5. The molecule has 1 N–H and O–H groups in total. The monoisotopic (exact) mass is 536 g/mol. The van der Waals surface area contributed by atoms with Crippen LogP contribution in [0.4, 0.5) is 5.69 Å². The molecule has 7 nitrogen and oxygen atoms in total. The first-order valence-electron chi connectivity index (χ1n) is 8.72. The molecule has 9 heteroatoms. The molecule has 2 aromatic rings. The average molecular weight is 538 g/mol. The standard InChI is InChI=1S/C21H18Br2N2O5/c1-3-29-18-10-13(9-17(23)20(18)30-12-19(26)28-2)8-14(11-24)21(27)25-16-6-4-15(22)5-7-16/h4-10H,3,12H2,1-2H3,(H,25,27)/b14-8+. The van der Waals surface area contributed by atoms with Crippen LogP contribution in [0.2, 0.25) is 0 Å². The molecular weight excluding hydrogens is 520 g/mol. The average Bonchev–Trinajstić information content (AvgIpc) is 2.72. The Labute approximate surface area is 190 Å². The Hall–Kier alpha value is -2.83. The van der Waals surface area contributed by atoms with Crippen molar-refractivity contribution in [2.24, 2.45) is 0 Å². The molecule has 30 heavy (non-hydrogen) atoms. The van der Waals surface area contributed by atoms with Crippen molar-refractivity contribution < 1.29 is 23.8 Å². The molecule has 0 bridgehead atoms. The SMILES string of the molecule is CCOc1cc(/C=C(\C#N)C(=O)Nc2ccc(Br)cc2)cc(Br)c1OCC(=O)OC. The van der Waals surface area contributed by atoms with Crippen LogP contribution >= 0.6 is 31.9 Å². The Balaban J connectivity index is 2.30. The van der Waals surface area contributed by atoms with E-state index in [0.717, 1.165) is 4.47 Å². The Bertz CT molecular complexity index is 998. The molecule has 156 valence electrons. The van der Waals surface area contributed by atoms with Crippen LogP contribution in [-0.4, -0.2) is 32.2 Å². The van der Waals surface area contributed by atoms with Gasteiger partial charge in [-0.1, -0.05) is 15.9 Å². The maximum absolute atomic E-state index is 12.5. The fourth-order valence-electron chi connectivity index (χ4n) is 2.31. The number of nitrogens with zero attached hydrogens (tertiary/aromatic N) is 1. The van der Waals surface area contributed by atoms with Crippen LogP contribution in [-0.2, 0) is 14.3 Å². The van der Waals surface area contributed by atoms with E-state index in [1.165, 1.54) is 13.2 Å². The number of anilines is 1. The van der Waals surface area contributed by atoms with Gasteiger partial charge in [-0.3, -0.25) is 4.79 Å². The van der Waals surface area contributed by atoms with Gasteiger partial charge in [0.05, 0.1) is 18.2 Å². The summed E-state index contributed by atoms with van der Waals surface area (Å²) in [4.78, 5) is 23.8. The normalized spacial score (nSPS) is 10.7. The Kier molecular flexibility index (Phi) is 8.89. The lowest BCUT2D eigenvalue weighted by Crippen LogP contribution is -2.14. The highest BCUT2D eigenvalue weighted by molar-refractivity contribution is 9.10. The van der Waals surface area contributed by atoms with Gasteiger partial charge in [0.15, 0.2) is 18.1 Å². The number of rotatable bonds is 8. The summed E-state index contributed by atoms with van der Waals surface area (Å²) in [5.41, 5.74) is 1.01. The Morgan fingerprint density at radius 1 is 1.17 bits per heavy atom. The highest BCUT2D eigenvalue weighted by atomic mass is 79.9. The first kappa shape index (κ1) is 23.4. The van der Waals surface area contributed by atoms with Crippen LogP contribution < -0.4 is 14.8 Å². The first-order valence-corrected chi connectivity index (χ1v) is 10.3. The second-order valence-electron chi connectivity index (χ2n) is 5.76. The van der Waals surface area contributed by atoms with Gasteiger partial charge in [-0.25, -0.2) is 4.79 Å². The molecule has 0 saturated carbocycles. The van der Waals surface area contributed by atoms with Gasteiger partial charge in [0.2, 0.25) is 0 Å². The summed E-state index contributed by atoms with van der Waals surface area (Å²) >= 11 is 6.70. The molecule has 0 aliphatic rings. The molecule has 2 rings (SSSR count). The van der Waals surface area contributed by atoms with Gasteiger partial charge in [0, 0.05) is 10.2 Å². The molecule has 2 aromatic carbocycles. The molecule has 0 saturated heterocycles. The van der Waals surface area contributed by atoms with Crippen molar-refractivity contribution in [3.63, 3.8) is 0 Å². The second-order valence-corrected chi connectivity index (χ2v) is 7.53. The molecule has 1 amide bonds. The van der Waals surface area contributed by atoms with Crippen LogP contribution in [0.1, 0.15) is 12.5 Å². The quantitative estimate of drug-likeness (QED) is 0.297. The lowest BCUT2D eigenvalue weighted by molar-refractivity contribution is -0.142. The van der Waals surface area contributed by atoms with Crippen LogP contribution in [0.3, 0.4) is 0 Å². The number of halogens is 2. The van der Waals surface area contributed by atoms with E-state index in [9.17, 15) is 14.9 Å². The van der Waals surface area contributed by atoms with Crippen LogP contribution in [0.5, 0.6) is 11.5 Å². The predicted molar refractivity (Wildman–Crippen MR) is 119 cm³/mol. The number of carbonyl (C=O) groups is 2. The van der Waals surface area contributed by atoms with E-state index in [2.05, 4.69) is 41.9 Å². The third kappa shape index (κ3) is 6.61. The van der Waals surface area contributed by atoms with E-state index in [0.29, 0.717) is 33.8 Å². The van der Waals surface area contributed by atoms with Crippen LogP contribution in [0.15, 0.2) is 50.9 Å². The van der Waals surface area contributed by atoms with Crippen molar-refractivity contribution in [1.29, 1.82) is 5.26 Å². The van der Waals surface area contributed by atoms with E-state index < -0.39 is 11.9 Å². The molecule has 0 unspecified atom stereocenters. The maximum atomic E-state index is 12.5. The van der Waals surface area contributed by atoms with Gasteiger partial charge in [0.25, 0.3) is 5.91 Å². The highest BCUT2D eigenvalue weighted by Gasteiger charge is 2.16. The summed E-state index contributed by atoms with van der Waals surface area (Å²) in [5, 5.41) is 12.1. The lowest BCUT2D eigenvalue weighted by atomic mass is 10.1. The molecule has 0 aromatic heterocycles.